The summed E-state index contributed by atoms with van der Waals surface area (Å²) in [6.07, 6.45) is 4.07. The van der Waals surface area contributed by atoms with Crippen LogP contribution in [0.1, 0.15) is 17.7 Å². The van der Waals surface area contributed by atoms with E-state index in [-0.39, 0.29) is 63.0 Å². The van der Waals surface area contributed by atoms with E-state index in [1.807, 2.05) is 6.92 Å². The van der Waals surface area contributed by atoms with Crippen LogP contribution in [0.15, 0.2) is 91.2 Å². The fourth-order valence-electron chi connectivity index (χ4n) is 3.46. The van der Waals surface area contributed by atoms with Crippen LogP contribution in [0, 0.1) is 13.8 Å². The summed E-state index contributed by atoms with van der Waals surface area (Å²) in [6.45, 7) is 3.37. The first-order chi connectivity index (χ1) is 17.3. The fourth-order valence-corrected chi connectivity index (χ4v) is 5.44. The number of hydrogen-bond donors (Lipinski definition) is 1. The molecule has 0 radical (unpaired) electrons. The van der Waals surface area contributed by atoms with Gasteiger partial charge in [-0.3, -0.25) is 14.1 Å². The molecule has 38 heavy (non-hydrogen) atoms. The van der Waals surface area contributed by atoms with Gasteiger partial charge in [0.05, 0.1) is 33.0 Å². The minimum absolute atomic E-state index is 0. The number of azo groups is 1. The number of rotatable bonds is 7. The number of hydrogen-bond acceptors (Lipinski definition) is 9. The van der Waals surface area contributed by atoms with Gasteiger partial charge in [0.25, 0.3) is 15.7 Å². The Morgan fingerprint density at radius 2 is 1.76 bits per heavy atom. The third kappa shape index (κ3) is 6.79. The van der Waals surface area contributed by atoms with Crippen LogP contribution in [0.25, 0.3) is 5.69 Å². The number of aryl methyl sites for hydroxylation is 2. The zero-order valence-electron chi connectivity index (χ0n) is 20.5. The van der Waals surface area contributed by atoms with Gasteiger partial charge < -0.3 is 4.55 Å². The van der Waals surface area contributed by atoms with Crippen molar-refractivity contribution in [2.45, 2.75) is 36.2 Å². The molecule has 4 rings (SSSR count). The molecule has 0 aliphatic heterocycles. The molecule has 0 bridgehead atoms. The number of aromatic nitrogens is 2. The average Bonchev–Trinajstić information content (AvgIpc) is 3.11. The summed E-state index contributed by atoms with van der Waals surface area (Å²) in [7, 11) is -8.89. The van der Waals surface area contributed by atoms with Crippen molar-refractivity contribution in [3.63, 3.8) is 0 Å². The number of aromatic amines is 1. The second kappa shape index (κ2) is 11.8. The maximum atomic E-state index is 12.9. The molecule has 15 heteroatoms. The van der Waals surface area contributed by atoms with E-state index in [4.69, 9.17) is 15.8 Å². The molecule has 1 aromatic heterocycles. The molecule has 2 aromatic carbocycles. The Hall–Kier alpha value is -2.36. The predicted molar refractivity (Wildman–Crippen MR) is 134 cm³/mol. The first-order valence-electron chi connectivity index (χ1n) is 10.7. The van der Waals surface area contributed by atoms with Crippen molar-refractivity contribution >= 4 is 37.5 Å². The Morgan fingerprint density at radius 1 is 1.08 bits per heavy atom. The smallest absolute Gasteiger partial charge is 0.744 e. The molecule has 1 atom stereocenters. The van der Waals surface area contributed by atoms with Crippen LogP contribution in [0.3, 0.4) is 0 Å². The molecule has 1 aliphatic rings. The maximum absolute atomic E-state index is 12.9. The quantitative estimate of drug-likeness (QED) is 0.187. The zero-order chi connectivity index (χ0) is 27.0. The van der Waals surface area contributed by atoms with Crippen LogP contribution in [0.2, 0.25) is 5.02 Å². The van der Waals surface area contributed by atoms with Gasteiger partial charge in [-0.2, -0.15) is 13.5 Å². The Balaban J connectivity index is 0.00000400. The Bertz CT molecular complexity index is 1730. The van der Waals surface area contributed by atoms with Crippen molar-refractivity contribution in [1.82, 2.24) is 9.78 Å². The third-order valence-electron chi connectivity index (χ3n) is 5.34. The number of allylic oxidation sites excluding steroid dienone is 1. The van der Waals surface area contributed by atoms with E-state index < -0.39 is 36.8 Å². The van der Waals surface area contributed by atoms with Crippen LogP contribution in [-0.4, -0.2) is 37.3 Å². The first kappa shape index (κ1) is 30.2. The predicted octanol–water partition coefficient (Wildman–Crippen LogP) is 1.05. The van der Waals surface area contributed by atoms with Gasteiger partial charge in [-0.05, 0) is 56.7 Å². The molecule has 0 fully saturated rings. The number of H-pyrrole nitrogens is 1. The average molecular weight is 587 g/mol. The van der Waals surface area contributed by atoms with Gasteiger partial charge in [0, 0.05) is 5.02 Å². The van der Waals surface area contributed by atoms with E-state index in [2.05, 4.69) is 15.3 Å². The van der Waals surface area contributed by atoms with Gasteiger partial charge in [-0.15, -0.1) is 5.11 Å². The van der Waals surface area contributed by atoms with Crippen LogP contribution in [0.5, 0.6) is 0 Å². The Kier molecular flexibility index (Phi) is 9.37. The molecular weight excluding hydrogens is 567 g/mol. The topological polar surface area (TPSA) is 163 Å². The molecule has 1 N–H and O–H groups in total. The van der Waals surface area contributed by atoms with E-state index >= 15 is 0 Å². The maximum Gasteiger partial charge on any atom is 1.00 e. The largest absolute Gasteiger partial charge is 1.00 e. The molecule has 0 spiro atoms. The van der Waals surface area contributed by atoms with Crippen LogP contribution >= 0.6 is 11.6 Å². The Labute approximate surface area is 246 Å². The number of benzene rings is 2. The molecule has 1 heterocycles. The number of nitrogens with zero attached hydrogens (tertiary/aromatic N) is 3. The summed E-state index contributed by atoms with van der Waals surface area (Å²) < 4.78 is 66.1. The summed E-state index contributed by atoms with van der Waals surface area (Å²) in [5.41, 5.74) is 0.485. The monoisotopic (exact) mass is 586 g/mol. The SMILES string of the molecule is Cc1ccc(S(=O)(=O)OC2C=CC(N=Nc3c(C)[nH]n(-c4ccc(Cl)cc4S(=O)(=O)[O-])c3=O)=CC2)cc1.[Na+]. The normalized spacial score (nSPS) is 15.9. The summed E-state index contributed by atoms with van der Waals surface area (Å²) in [4.78, 5) is 12.3. The van der Waals surface area contributed by atoms with Crippen molar-refractivity contribution in [3.8, 4) is 5.69 Å². The molecule has 0 saturated carbocycles. The van der Waals surface area contributed by atoms with E-state index in [0.717, 1.165) is 16.3 Å². The zero-order valence-corrected chi connectivity index (χ0v) is 24.8. The second-order valence-electron chi connectivity index (χ2n) is 8.12. The van der Waals surface area contributed by atoms with Crippen molar-refractivity contribution in [2.75, 3.05) is 0 Å². The van der Waals surface area contributed by atoms with Crippen molar-refractivity contribution in [1.29, 1.82) is 0 Å². The van der Waals surface area contributed by atoms with E-state index in [1.165, 1.54) is 43.3 Å². The minimum Gasteiger partial charge on any atom is -0.744 e. The first-order valence-corrected chi connectivity index (χ1v) is 13.9. The molecule has 0 saturated heterocycles. The van der Waals surface area contributed by atoms with E-state index in [9.17, 15) is 26.2 Å². The molecule has 3 aromatic rings. The summed E-state index contributed by atoms with van der Waals surface area (Å²) in [5, 5.41) is 10.7. The van der Waals surface area contributed by atoms with E-state index in [1.54, 1.807) is 18.2 Å². The molecule has 0 amide bonds. The van der Waals surface area contributed by atoms with Crippen molar-refractivity contribution < 1.29 is 55.1 Å². The number of nitrogens with one attached hydrogen (secondary N) is 1. The number of halogens is 1. The van der Waals surface area contributed by atoms with Gasteiger partial charge in [0.1, 0.15) is 10.1 Å². The second-order valence-corrected chi connectivity index (χ2v) is 11.5. The molecule has 11 nitrogen and oxygen atoms in total. The standard InChI is InChI=1S/C23H21ClN4O7S2.Na/c1-14-3-10-19(11-4-14)37(33,34)35-18-8-6-17(7-9-18)25-26-22-15(2)27-28(23(22)29)20-12-5-16(24)13-21(20)36(30,31)32;/h3-8,10-13,18,27H,9H2,1-2H3,(H,30,31,32);/q;+1/p-1. The van der Waals surface area contributed by atoms with E-state index in [0.29, 0.717) is 5.70 Å². The molecule has 194 valence electrons. The summed E-state index contributed by atoms with van der Waals surface area (Å²) >= 11 is 5.82. The van der Waals surface area contributed by atoms with Gasteiger partial charge in [0.2, 0.25) is 0 Å². The molecule has 1 aliphatic carbocycles. The minimum atomic E-state index is -4.93. The van der Waals surface area contributed by atoms with Crippen molar-refractivity contribution in [2.24, 2.45) is 10.2 Å². The molecular formula is C23H20ClN4NaO7S2. The summed E-state index contributed by atoms with van der Waals surface area (Å²) in [6, 6.07) is 9.81. The van der Waals surface area contributed by atoms with Gasteiger partial charge >= 0.3 is 29.6 Å². The Morgan fingerprint density at radius 3 is 2.37 bits per heavy atom. The third-order valence-corrected chi connectivity index (χ3v) is 7.79. The van der Waals surface area contributed by atoms with Gasteiger partial charge in [-0.25, -0.2) is 13.1 Å². The van der Waals surface area contributed by atoms with Crippen molar-refractivity contribution in [3.05, 3.63) is 93.0 Å². The van der Waals surface area contributed by atoms with Gasteiger partial charge in [-0.1, -0.05) is 41.4 Å². The van der Waals surface area contributed by atoms with Crippen LogP contribution in [-0.2, 0) is 24.4 Å². The van der Waals surface area contributed by atoms with Gasteiger partial charge in [0.15, 0.2) is 5.69 Å². The van der Waals surface area contributed by atoms with Crippen LogP contribution < -0.4 is 35.1 Å². The molecule has 1 unspecified atom stereocenters. The van der Waals surface area contributed by atoms with Crippen LogP contribution in [0.4, 0.5) is 5.69 Å². The fraction of sp³-hybridized carbons (Fsp3) is 0.174. The summed E-state index contributed by atoms with van der Waals surface area (Å²) in [5.74, 6) is 0.